The molecule has 41 heavy (non-hydrogen) atoms. The van der Waals surface area contributed by atoms with E-state index in [0.29, 0.717) is 24.5 Å². The fourth-order valence-corrected chi connectivity index (χ4v) is 4.30. The third-order valence-electron chi connectivity index (χ3n) is 6.25. The van der Waals surface area contributed by atoms with E-state index in [4.69, 9.17) is 25.4 Å². The van der Waals surface area contributed by atoms with Crippen molar-refractivity contribution in [3.05, 3.63) is 95.4 Å². The van der Waals surface area contributed by atoms with Crippen LogP contribution in [0.3, 0.4) is 0 Å². The van der Waals surface area contributed by atoms with Crippen LogP contribution in [0, 0.1) is 0 Å². The fraction of sp³-hybridized carbons (Fsp3) is 0.294. The van der Waals surface area contributed by atoms with Crippen molar-refractivity contribution in [3.8, 4) is 16.9 Å². The third kappa shape index (κ3) is 8.08. The molecule has 0 saturated heterocycles. The first-order chi connectivity index (χ1) is 19.9. The Bertz CT molecular complexity index is 1500. The van der Waals surface area contributed by atoms with Crippen LogP contribution >= 0.6 is 0 Å². The average molecular weight is 556 g/mol. The molecule has 216 valence electrons. The molecule has 0 aliphatic rings. The summed E-state index contributed by atoms with van der Waals surface area (Å²) in [6.45, 7) is 10.9. The Morgan fingerprint density at radius 1 is 1.02 bits per heavy atom. The first-order valence-electron chi connectivity index (χ1n) is 14.1. The van der Waals surface area contributed by atoms with Crippen LogP contribution in [-0.4, -0.2) is 24.8 Å². The predicted octanol–water partition coefficient (Wildman–Crippen LogP) is 7.05. The van der Waals surface area contributed by atoms with Gasteiger partial charge in [-0.05, 0) is 61.7 Å². The van der Waals surface area contributed by atoms with Gasteiger partial charge in [0.25, 0.3) is 0 Å². The zero-order chi connectivity index (χ0) is 29.8. The minimum Gasteiger partial charge on any atom is -0.488 e. The molecule has 7 heteroatoms. The summed E-state index contributed by atoms with van der Waals surface area (Å²) in [4.78, 5) is 16.6. The molecule has 4 aromatic rings. The molecular weight excluding hydrogens is 514 g/mol. The summed E-state index contributed by atoms with van der Waals surface area (Å²) >= 11 is 0. The molecule has 0 radical (unpaired) electrons. The fourth-order valence-electron chi connectivity index (χ4n) is 4.30. The van der Waals surface area contributed by atoms with Crippen LogP contribution in [0.25, 0.3) is 27.7 Å². The number of carbonyl (C=O) groups is 1. The van der Waals surface area contributed by atoms with Crippen molar-refractivity contribution in [1.29, 1.82) is 0 Å². The number of benzene rings is 3. The van der Waals surface area contributed by atoms with Crippen molar-refractivity contribution in [1.82, 2.24) is 0 Å². The van der Waals surface area contributed by atoms with Gasteiger partial charge in [-0.25, -0.2) is 0 Å². The minimum absolute atomic E-state index is 0.120. The maximum atomic E-state index is 12.1. The second-order valence-electron chi connectivity index (χ2n) is 9.44. The Balaban J connectivity index is 0.00000226. The molecule has 0 amide bonds. The summed E-state index contributed by atoms with van der Waals surface area (Å²) < 4.78 is 17.4. The van der Waals surface area contributed by atoms with Gasteiger partial charge in [0.2, 0.25) is 0 Å². The van der Waals surface area contributed by atoms with Crippen LogP contribution in [-0.2, 0) is 29.1 Å². The Morgan fingerprint density at radius 3 is 2.51 bits per heavy atom. The van der Waals surface area contributed by atoms with E-state index in [1.807, 2.05) is 64.1 Å². The summed E-state index contributed by atoms with van der Waals surface area (Å²) in [5.74, 6) is 0.332. The van der Waals surface area contributed by atoms with Gasteiger partial charge in [0.15, 0.2) is 0 Å². The van der Waals surface area contributed by atoms with Crippen molar-refractivity contribution >= 4 is 28.7 Å². The summed E-state index contributed by atoms with van der Waals surface area (Å²) in [5.41, 5.74) is 19.0. The lowest BCUT2D eigenvalue weighted by atomic mass is 9.95. The number of fused-ring (bicyclic) bond motifs is 1. The summed E-state index contributed by atoms with van der Waals surface area (Å²) in [6.07, 6.45) is 5.17. The Kier molecular flexibility index (Phi) is 11.7. The topological polar surface area (TPSA) is 113 Å². The number of hydrogen-bond acceptors (Lipinski definition) is 7. The number of hydrogen-bond donors (Lipinski definition) is 2. The highest BCUT2D eigenvalue weighted by atomic mass is 16.5. The average Bonchev–Trinajstić information content (AvgIpc) is 3.41. The molecule has 0 atom stereocenters. The van der Waals surface area contributed by atoms with Gasteiger partial charge in [0.05, 0.1) is 19.3 Å². The standard InChI is InChI=1S/C32H35N3O4.C2H6/c1-4-37-31(36)15-24-9-5-6-11-30(24)38-19-27-20-39-32-28(26(17-34)18-35-21(2)3)13-25(14-29(27)32)23-10-7-8-22(12-23)16-33;1-2/h5-14,17-18,20-21H,4,15-16,19,33-34H2,1-3H3;1-2H3/b26-17+,35-18?;. The van der Waals surface area contributed by atoms with Gasteiger partial charge in [0, 0.05) is 52.7 Å². The molecule has 4 rings (SSSR count). The van der Waals surface area contributed by atoms with Crippen molar-refractivity contribution in [2.24, 2.45) is 16.5 Å². The molecule has 7 nitrogen and oxygen atoms in total. The van der Waals surface area contributed by atoms with Crippen LogP contribution in [0.4, 0.5) is 0 Å². The lowest BCUT2D eigenvalue weighted by molar-refractivity contribution is -0.142. The SMILES string of the molecule is CC.CCOC(=O)Cc1ccccc1OCc1coc2c(/C(C=NC(C)C)=C/N)cc(-c3cccc(CN)c3)cc12. The van der Waals surface area contributed by atoms with E-state index < -0.39 is 0 Å². The zero-order valence-corrected chi connectivity index (χ0v) is 24.6. The monoisotopic (exact) mass is 555 g/mol. The molecule has 0 fully saturated rings. The number of rotatable bonds is 11. The maximum Gasteiger partial charge on any atom is 0.310 e. The van der Waals surface area contributed by atoms with Crippen LogP contribution in [0.15, 0.2) is 82.5 Å². The van der Waals surface area contributed by atoms with Crippen LogP contribution in [0.1, 0.15) is 56.9 Å². The van der Waals surface area contributed by atoms with Crippen molar-refractivity contribution in [2.75, 3.05) is 6.61 Å². The molecule has 0 saturated carbocycles. The van der Waals surface area contributed by atoms with E-state index >= 15 is 0 Å². The molecule has 0 spiro atoms. The van der Waals surface area contributed by atoms with Gasteiger partial charge in [-0.1, -0.05) is 50.2 Å². The second-order valence-corrected chi connectivity index (χ2v) is 9.44. The normalized spacial score (nSPS) is 11.5. The number of para-hydroxylation sites is 1. The highest BCUT2D eigenvalue weighted by Gasteiger charge is 2.17. The minimum atomic E-state index is -0.291. The molecular formula is C34H41N3O4. The Morgan fingerprint density at radius 2 is 1.80 bits per heavy atom. The van der Waals surface area contributed by atoms with Gasteiger partial charge in [-0.2, -0.15) is 0 Å². The predicted molar refractivity (Wildman–Crippen MR) is 168 cm³/mol. The van der Waals surface area contributed by atoms with Crippen LogP contribution in [0.2, 0.25) is 0 Å². The van der Waals surface area contributed by atoms with E-state index in [0.717, 1.165) is 44.3 Å². The quantitative estimate of drug-likeness (QED) is 0.151. The molecule has 0 unspecified atom stereocenters. The van der Waals surface area contributed by atoms with Gasteiger partial charge in [0.1, 0.15) is 17.9 Å². The number of aliphatic imine (C=N–C) groups is 1. The number of nitrogens with zero attached hydrogens (tertiary/aromatic N) is 1. The van der Waals surface area contributed by atoms with Crippen molar-refractivity contribution in [2.45, 2.75) is 60.2 Å². The number of esters is 1. The number of carbonyl (C=O) groups excluding carboxylic acids is 1. The number of furan rings is 1. The van der Waals surface area contributed by atoms with E-state index in [1.165, 1.54) is 0 Å². The third-order valence-corrected chi connectivity index (χ3v) is 6.25. The smallest absolute Gasteiger partial charge is 0.310 e. The molecule has 1 aromatic heterocycles. The molecule has 0 aliphatic carbocycles. The number of allylic oxidation sites excluding steroid dienone is 1. The van der Waals surface area contributed by atoms with Gasteiger partial charge in [-0.15, -0.1) is 0 Å². The molecule has 0 aliphatic heterocycles. The Hall–Kier alpha value is -4.36. The van der Waals surface area contributed by atoms with E-state index in [9.17, 15) is 4.79 Å². The molecule has 0 bridgehead atoms. The number of ether oxygens (including phenoxy) is 2. The van der Waals surface area contributed by atoms with Crippen molar-refractivity contribution in [3.63, 3.8) is 0 Å². The Labute approximate surface area is 242 Å². The second kappa shape index (κ2) is 15.4. The van der Waals surface area contributed by atoms with Crippen LogP contribution in [0.5, 0.6) is 5.75 Å². The van der Waals surface area contributed by atoms with Crippen molar-refractivity contribution < 1.29 is 18.7 Å². The van der Waals surface area contributed by atoms with E-state index in [-0.39, 0.29) is 25.0 Å². The lowest BCUT2D eigenvalue weighted by Gasteiger charge is -2.12. The largest absolute Gasteiger partial charge is 0.488 e. The van der Waals surface area contributed by atoms with Crippen LogP contribution < -0.4 is 16.2 Å². The van der Waals surface area contributed by atoms with E-state index in [2.05, 4.69) is 29.3 Å². The zero-order valence-electron chi connectivity index (χ0n) is 24.6. The summed E-state index contributed by atoms with van der Waals surface area (Å²) in [7, 11) is 0. The molecule has 4 N–H and O–H groups in total. The molecule has 1 heterocycles. The first-order valence-corrected chi connectivity index (χ1v) is 14.1. The van der Waals surface area contributed by atoms with Gasteiger partial charge < -0.3 is 25.4 Å². The first kappa shape index (κ1) is 31.2. The molecule has 3 aromatic carbocycles. The van der Waals surface area contributed by atoms with E-state index in [1.54, 1.807) is 25.6 Å². The number of nitrogens with two attached hydrogens (primary N) is 2. The van der Waals surface area contributed by atoms with Gasteiger partial charge >= 0.3 is 5.97 Å². The highest BCUT2D eigenvalue weighted by Crippen LogP contribution is 2.35. The maximum absolute atomic E-state index is 12.1. The summed E-state index contributed by atoms with van der Waals surface area (Å²) in [6, 6.07) is 19.9. The highest BCUT2D eigenvalue weighted by molar-refractivity contribution is 6.14. The summed E-state index contributed by atoms with van der Waals surface area (Å²) in [5, 5.41) is 0.904. The lowest BCUT2D eigenvalue weighted by Crippen LogP contribution is -2.09. The van der Waals surface area contributed by atoms with Gasteiger partial charge in [-0.3, -0.25) is 9.79 Å².